The maximum atomic E-state index is 12.0. The van der Waals surface area contributed by atoms with Gasteiger partial charge in [-0.05, 0) is 30.9 Å². The molecule has 0 heterocycles. The molecule has 0 aliphatic carbocycles. The second-order valence-electron chi connectivity index (χ2n) is 5.69. The van der Waals surface area contributed by atoms with E-state index in [2.05, 4.69) is 5.32 Å². The Morgan fingerprint density at radius 3 is 2.22 bits per heavy atom. The average Bonchev–Trinajstić information content (AvgIpc) is 2.51. The molecule has 2 atom stereocenters. The van der Waals surface area contributed by atoms with Gasteiger partial charge >= 0.3 is 11.9 Å². The average molecular weight is 321 g/mol. The van der Waals surface area contributed by atoms with E-state index in [0.29, 0.717) is 19.4 Å². The number of aliphatic carboxylic acids is 2. The van der Waals surface area contributed by atoms with E-state index >= 15 is 0 Å². The first-order chi connectivity index (χ1) is 10.8. The number of carbonyl (C=O) groups is 3. The van der Waals surface area contributed by atoms with Crippen LogP contribution < -0.4 is 5.32 Å². The Bertz CT molecular complexity index is 553. The number of carbonyl (C=O) groups excluding carboxylic acids is 1. The van der Waals surface area contributed by atoms with E-state index in [9.17, 15) is 14.4 Å². The molecule has 0 spiro atoms. The molecule has 1 aromatic rings. The van der Waals surface area contributed by atoms with E-state index in [1.807, 2.05) is 24.3 Å². The van der Waals surface area contributed by atoms with Crippen molar-refractivity contribution in [2.75, 3.05) is 6.54 Å². The Labute approximate surface area is 135 Å². The van der Waals surface area contributed by atoms with Gasteiger partial charge in [-0.1, -0.05) is 31.2 Å². The summed E-state index contributed by atoms with van der Waals surface area (Å²) in [5.41, 5.74) is 1.75. The molecule has 1 aromatic carbocycles. The lowest BCUT2D eigenvalue weighted by molar-refractivity contribution is -0.141. The second kappa shape index (κ2) is 8.92. The van der Waals surface area contributed by atoms with E-state index in [1.54, 1.807) is 13.8 Å². The van der Waals surface area contributed by atoms with Crippen molar-refractivity contribution in [3.05, 3.63) is 35.4 Å². The van der Waals surface area contributed by atoms with Crippen molar-refractivity contribution in [2.24, 2.45) is 5.92 Å². The first-order valence-electron chi connectivity index (χ1n) is 7.62. The highest BCUT2D eigenvalue weighted by Gasteiger charge is 2.16. The second-order valence-corrected chi connectivity index (χ2v) is 5.69. The lowest BCUT2D eigenvalue weighted by atomic mass is 9.96. The third-order valence-corrected chi connectivity index (χ3v) is 3.70. The van der Waals surface area contributed by atoms with Gasteiger partial charge in [0.15, 0.2) is 0 Å². The van der Waals surface area contributed by atoms with Crippen molar-refractivity contribution in [3.8, 4) is 0 Å². The summed E-state index contributed by atoms with van der Waals surface area (Å²) in [6.45, 7) is 3.77. The summed E-state index contributed by atoms with van der Waals surface area (Å²) in [6.07, 6.45) is 0.885. The number of hydrogen-bond acceptors (Lipinski definition) is 3. The first kappa shape index (κ1) is 18.7. The molecule has 6 nitrogen and oxygen atoms in total. The fourth-order valence-electron chi connectivity index (χ4n) is 2.14. The molecule has 126 valence electrons. The standard InChI is InChI=1S/C17H23NO5/c1-11(17(22)23)10-13-5-7-14(8-6-13)12(2)16(21)18-9-3-4-15(19)20/h5-8,11-12H,3-4,9-10H2,1-2H3,(H,18,21)(H,19,20)(H,22,23)/t11?,12-/m0/s1. The molecule has 0 saturated carbocycles. The van der Waals surface area contributed by atoms with Gasteiger partial charge in [0.1, 0.15) is 0 Å². The van der Waals surface area contributed by atoms with Crippen molar-refractivity contribution in [2.45, 2.75) is 39.0 Å². The van der Waals surface area contributed by atoms with Gasteiger partial charge in [-0.3, -0.25) is 14.4 Å². The first-order valence-corrected chi connectivity index (χ1v) is 7.62. The maximum absolute atomic E-state index is 12.0. The smallest absolute Gasteiger partial charge is 0.306 e. The number of hydrogen-bond donors (Lipinski definition) is 3. The zero-order valence-electron chi connectivity index (χ0n) is 13.4. The fourth-order valence-corrected chi connectivity index (χ4v) is 2.14. The Morgan fingerprint density at radius 2 is 1.70 bits per heavy atom. The van der Waals surface area contributed by atoms with Crippen molar-refractivity contribution in [1.29, 1.82) is 0 Å². The van der Waals surface area contributed by atoms with Crippen LogP contribution in [0.15, 0.2) is 24.3 Å². The summed E-state index contributed by atoms with van der Waals surface area (Å²) in [7, 11) is 0. The molecule has 0 fully saturated rings. The van der Waals surface area contributed by atoms with E-state index in [1.165, 1.54) is 0 Å². The van der Waals surface area contributed by atoms with Gasteiger partial charge in [-0.25, -0.2) is 0 Å². The Balaban J connectivity index is 2.52. The van der Waals surface area contributed by atoms with E-state index < -0.39 is 17.9 Å². The Hall–Kier alpha value is -2.37. The van der Waals surface area contributed by atoms with Crippen LogP contribution >= 0.6 is 0 Å². The summed E-state index contributed by atoms with van der Waals surface area (Å²) in [4.78, 5) is 33.2. The molecule has 1 unspecified atom stereocenters. The third-order valence-electron chi connectivity index (χ3n) is 3.70. The third kappa shape index (κ3) is 6.50. The number of carboxylic acids is 2. The van der Waals surface area contributed by atoms with Crippen LogP contribution in [0.3, 0.4) is 0 Å². The minimum atomic E-state index is -0.876. The molecule has 0 saturated heterocycles. The minimum absolute atomic E-state index is 0.0329. The molecule has 23 heavy (non-hydrogen) atoms. The molecule has 6 heteroatoms. The molecular weight excluding hydrogens is 298 g/mol. The van der Waals surface area contributed by atoms with Crippen LogP contribution in [0.2, 0.25) is 0 Å². The molecule has 1 amide bonds. The summed E-state index contributed by atoms with van der Waals surface area (Å²) in [6, 6.07) is 7.32. The summed E-state index contributed by atoms with van der Waals surface area (Å²) >= 11 is 0. The molecule has 0 radical (unpaired) electrons. The highest BCUT2D eigenvalue weighted by atomic mass is 16.4. The van der Waals surface area contributed by atoms with Crippen LogP contribution in [-0.2, 0) is 20.8 Å². The van der Waals surface area contributed by atoms with Crippen LogP contribution in [-0.4, -0.2) is 34.6 Å². The van der Waals surface area contributed by atoms with Crippen molar-refractivity contribution < 1.29 is 24.6 Å². The zero-order chi connectivity index (χ0) is 17.4. The molecule has 1 rings (SSSR count). The number of benzene rings is 1. The predicted octanol–water partition coefficient (Wildman–Crippen LogP) is 2.03. The molecule has 0 bridgehead atoms. The monoisotopic (exact) mass is 321 g/mol. The van der Waals surface area contributed by atoms with E-state index in [-0.39, 0.29) is 18.2 Å². The number of amides is 1. The molecular formula is C17H23NO5. The van der Waals surface area contributed by atoms with Crippen LogP contribution in [0, 0.1) is 5.92 Å². The molecule has 0 aliphatic heterocycles. The minimum Gasteiger partial charge on any atom is -0.481 e. The Kier molecular flexibility index (Phi) is 7.25. The topological polar surface area (TPSA) is 104 Å². The molecule has 3 N–H and O–H groups in total. The Morgan fingerprint density at radius 1 is 1.09 bits per heavy atom. The summed E-state index contributed by atoms with van der Waals surface area (Å²) in [5.74, 6) is -2.65. The number of carboxylic acid groups (broad SMARTS) is 2. The maximum Gasteiger partial charge on any atom is 0.306 e. The zero-order valence-corrected chi connectivity index (χ0v) is 13.4. The van der Waals surface area contributed by atoms with Gasteiger partial charge in [0.2, 0.25) is 5.91 Å². The van der Waals surface area contributed by atoms with Crippen LogP contribution in [0.4, 0.5) is 0 Å². The quantitative estimate of drug-likeness (QED) is 0.604. The molecule has 0 aromatic heterocycles. The number of rotatable bonds is 9. The van der Waals surface area contributed by atoms with Gasteiger partial charge in [-0.15, -0.1) is 0 Å². The highest BCUT2D eigenvalue weighted by Crippen LogP contribution is 2.18. The van der Waals surface area contributed by atoms with Crippen LogP contribution in [0.1, 0.15) is 43.7 Å². The lowest BCUT2D eigenvalue weighted by Gasteiger charge is -2.13. The van der Waals surface area contributed by atoms with Gasteiger partial charge in [0.25, 0.3) is 0 Å². The van der Waals surface area contributed by atoms with E-state index in [4.69, 9.17) is 10.2 Å². The summed E-state index contributed by atoms with van der Waals surface area (Å²) in [5, 5.41) is 20.2. The van der Waals surface area contributed by atoms with Crippen molar-refractivity contribution >= 4 is 17.8 Å². The lowest BCUT2D eigenvalue weighted by Crippen LogP contribution is -2.29. The largest absolute Gasteiger partial charge is 0.481 e. The number of nitrogens with one attached hydrogen (secondary N) is 1. The van der Waals surface area contributed by atoms with Crippen molar-refractivity contribution in [1.82, 2.24) is 5.32 Å². The van der Waals surface area contributed by atoms with Crippen LogP contribution in [0.25, 0.3) is 0 Å². The van der Waals surface area contributed by atoms with Gasteiger partial charge in [0, 0.05) is 13.0 Å². The van der Waals surface area contributed by atoms with Crippen LogP contribution in [0.5, 0.6) is 0 Å². The highest BCUT2D eigenvalue weighted by molar-refractivity contribution is 5.83. The van der Waals surface area contributed by atoms with Crippen molar-refractivity contribution in [3.63, 3.8) is 0 Å². The van der Waals surface area contributed by atoms with Gasteiger partial charge < -0.3 is 15.5 Å². The SMILES string of the molecule is CC(Cc1ccc([C@H](C)C(=O)NCCCC(=O)O)cc1)C(=O)O. The van der Waals surface area contributed by atoms with Gasteiger partial charge in [0.05, 0.1) is 11.8 Å². The fraction of sp³-hybridized carbons (Fsp3) is 0.471. The van der Waals surface area contributed by atoms with Gasteiger partial charge in [-0.2, -0.15) is 0 Å². The predicted molar refractivity (Wildman–Crippen MR) is 85.2 cm³/mol. The summed E-state index contributed by atoms with van der Waals surface area (Å²) < 4.78 is 0. The van der Waals surface area contributed by atoms with E-state index in [0.717, 1.165) is 11.1 Å². The normalized spacial score (nSPS) is 13.1. The molecule has 0 aliphatic rings.